The molecule has 194 valence electrons. The van der Waals surface area contributed by atoms with E-state index in [0.29, 0.717) is 18.4 Å². The van der Waals surface area contributed by atoms with Crippen LogP contribution in [0.5, 0.6) is 0 Å². The van der Waals surface area contributed by atoms with Gasteiger partial charge in [0.25, 0.3) is 0 Å². The van der Waals surface area contributed by atoms with E-state index in [9.17, 15) is 19.2 Å². The molecule has 2 atom stereocenters. The van der Waals surface area contributed by atoms with E-state index in [2.05, 4.69) is 27.8 Å². The summed E-state index contributed by atoms with van der Waals surface area (Å²) in [6, 6.07) is 11.2. The normalized spacial score (nSPS) is 21.9. The van der Waals surface area contributed by atoms with Crippen molar-refractivity contribution >= 4 is 29.3 Å². The summed E-state index contributed by atoms with van der Waals surface area (Å²) in [5.74, 6) is -1.63. The van der Waals surface area contributed by atoms with Gasteiger partial charge >= 0.3 is 6.03 Å². The molecule has 2 unspecified atom stereocenters. The Labute approximate surface area is 215 Å². The van der Waals surface area contributed by atoms with E-state index < -0.39 is 11.8 Å². The zero-order valence-corrected chi connectivity index (χ0v) is 21.0. The summed E-state index contributed by atoms with van der Waals surface area (Å²) in [6.07, 6.45) is 1.15. The van der Waals surface area contributed by atoms with Crippen molar-refractivity contribution in [2.45, 2.75) is 39.3 Å². The number of amides is 4. The first-order valence-electron chi connectivity index (χ1n) is 12.8. The number of ether oxygens (including phenoxy) is 1. The van der Waals surface area contributed by atoms with Crippen LogP contribution in [0.1, 0.15) is 45.5 Å². The number of carbonyl (C=O) groups excluding carboxylic acids is 4. The molecule has 0 saturated carbocycles. The number of piperidine rings is 1. The number of Topliss-reactive ketones (excluding diaryl/α,β-unsaturated/α-hetero) is 1. The third-order valence-electron chi connectivity index (χ3n) is 7.54. The monoisotopic (exact) mass is 504 g/mol. The highest BCUT2D eigenvalue weighted by molar-refractivity contribution is 6.07. The van der Waals surface area contributed by atoms with E-state index >= 15 is 0 Å². The van der Waals surface area contributed by atoms with Crippen LogP contribution in [0.15, 0.2) is 36.4 Å². The molecule has 3 N–H and O–H groups in total. The Morgan fingerprint density at radius 2 is 1.89 bits per heavy atom. The lowest BCUT2D eigenvalue weighted by molar-refractivity contribution is -0.137. The van der Waals surface area contributed by atoms with E-state index in [0.717, 1.165) is 49.7 Å². The van der Waals surface area contributed by atoms with Crippen LogP contribution in [0.25, 0.3) is 0 Å². The molecule has 37 heavy (non-hydrogen) atoms. The molecule has 9 nitrogen and oxygen atoms in total. The van der Waals surface area contributed by atoms with Crippen LogP contribution < -0.4 is 16.0 Å². The fourth-order valence-electron chi connectivity index (χ4n) is 5.37. The van der Waals surface area contributed by atoms with Gasteiger partial charge in [0.05, 0.1) is 13.2 Å². The van der Waals surface area contributed by atoms with Gasteiger partial charge in [0, 0.05) is 55.7 Å². The number of imide groups is 1. The van der Waals surface area contributed by atoms with Gasteiger partial charge in [-0.3, -0.25) is 24.6 Å². The van der Waals surface area contributed by atoms with E-state index in [4.69, 9.17) is 4.74 Å². The van der Waals surface area contributed by atoms with Crippen LogP contribution in [-0.4, -0.2) is 54.8 Å². The lowest BCUT2D eigenvalue weighted by atomic mass is 9.83. The van der Waals surface area contributed by atoms with Gasteiger partial charge in [-0.15, -0.1) is 0 Å². The second-order valence-electron chi connectivity index (χ2n) is 10.1. The second kappa shape index (κ2) is 10.8. The number of nitrogens with one attached hydrogen (secondary N) is 3. The van der Waals surface area contributed by atoms with Gasteiger partial charge in [0.15, 0.2) is 5.78 Å². The lowest BCUT2D eigenvalue weighted by Gasteiger charge is -2.27. The number of anilines is 1. The number of ketones is 1. The minimum Gasteiger partial charge on any atom is -0.379 e. The molecule has 0 spiro atoms. The first-order chi connectivity index (χ1) is 17.9. The fraction of sp³-hybridized carbons (Fsp3) is 0.429. The largest absolute Gasteiger partial charge is 0.379 e. The molecule has 2 saturated heterocycles. The van der Waals surface area contributed by atoms with Gasteiger partial charge in [-0.1, -0.05) is 18.2 Å². The molecule has 0 bridgehead atoms. The van der Waals surface area contributed by atoms with Crippen molar-refractivity contribution in [3.63, 3.8) is 0 Å². The summed E-state index contributed by atoms with van der Waals surface area (Å²) < 4.78 is 5.43. The van der Waals surface area contributed by atoms with Crippen molar-refractivity contribution < 1.29 is 23.9 Å². The van der Waals surface area contributed by atoms with E-state index in [-0.39, 0.29) is 36.6 Å². The van der Waals surface area contributed by atoms with Crippen molar-refractivity contribution in [1.82, 2.24) is 15.5 Å². The van der Waals surface area contributed by atoms with Crippen LogP contribution in [0.3, 0.4) is 0 Å². The zero-order valence-electron chi connectivity index (χ0n) is 21.0. The number of morpholine rings is 1. The molecule has 2 aromatic rings. The quantitative estimate of drug-likeness (QED) is 0.521. The molecular weight excluding hydrogens is 472 g/mol. The number of fused-ring (bicyclic) bond motifs is 1. The first-order valence-corrected chi connectivity index (χ1v) is 12.8. The van der Waals surface area contributed by atoms with Crippen molar-refractivity contribution in [1.29, 1.82) is 0 Å². The highest BCUT2D eigenvalue weighted by Gasteiger charge is 2.41. The second-order valence-corrected chi connectivity index (χ2v) is 10.1. The van der Waals surface area contributed by atoms with Crippen LogP contribution in [0.4, 0.5) is 10.5 Å². The Hall–Kier alpha value is -3.56. The van der Waals surface area contributed by atoms with E-state index in [1.807, 2.05) is 30.3 Å². The molecule has 2 aromatic carbocycles. The van der Waals surface area contributed by atoms with Gasteiger partial charge < -0.3 is 15.4 Å². The van der Waals surface area contributed by atoms with Gasteiger partial charge in [-0.25, -0.2) is 4.79 Å². The van der Waals surface area contributed by atoms with Crippen molar-refractivity contribution in [2.75, 3.05) is 31.6 Å². The van der Waals surface area contributed by atoms with Crippen LogP contribution in [0, 0.1) is 18.8 Å². The summed E-state index contributed by atoms with van der Waals surface area (Å²) in [5.41, 5.74) is 5.38. The average Bonchev–Trinajstić information content (AvgIpc) is 3.21. The number of nitrogens with zero attached hydrogens (tertiary/aromatic N) is 1. The Bertz CT molecular complexity index is 1240. The number of hydrogen-bond donors (Lipinski definition) is 3. The van der Waals surface area contributed by atoms with Crippen LogP contribution >= 0.6 is 0 Å². The summed E-state index contributed by atoms with van der Waals surface area (Å²) in [7, 11) is 0. The summed E-state index contributed by atoms with van der Waals surface area (Å²) in [5, 5.41) is 8.12. The molecule has 2 heterocycles. The molecule has 2 aliphatic heterocycles. The third-order valence-corrected chi connectivity index (χ3v) is 7.54. The highest BCUT2D eigenvalue weighted by Crippen LogP contribution is 2.35. The maximum Gasteiger partial charge on any atom is 0.319 e. The van der Waals surface area contributed by atoms with Crippen LogP contribution in [-0.2, 0) is 33.8 Å². The molecule has 2 fully saturated rings. The van der Waals surface area contributed by atoms with E-state index in [1.54, 1.807) is 6.07 Å². The predicted octanol–water partition coefficient (Wildman–Crippen LogP) is 2.56. The van der Waals surface area contributed by atoms with Gasteiger partial charge in [-0.05, 0) is 60.2 Å². The van der Waals surface area contributed by atoms with Crippen molar-refractivity contribution in [3.05, 3.63) is 64.2 Å². The van der Waals surface area contributed by atoms with Gasteiger partial charge in [0.2, 0.25) is 11.8 Å². The fourth-order valence-corrected chi connectivity index (χ4v) is 5.37. The molecule has 0 radical (unpaired) electrons. The van der Waals surface area contributed by atoms with Crippen molar-refractivity contribution in [3.8, 4) is 0 Å². The van der Waals surface area contributed by atoms with E-state index in [1.165, 1.54) is 11.1 Å². The Kier molecular flexibility index (Phi) is 7.34. The molecule has 1 aliphatic carbocycles. The number of carbonyl (C=O) groups is 4. The lowest BCUT2D eigenvalue weighted by Crippen LogP contribution is -2.44. The maximum atomic E-state index is 13.1. The van der Waals surface area contributed by atoms with Gasteiger partial charge in [0.1, 0.15) is 0 Å². The number of hydrogen-bond acceptors (Lipinski definition) is 6. The number of aryl methyl sites for hydroxylation is 1. The topological polar surface area (TPSA) is 117 Å². The third kappa shape index (κ3) is 5.73. The Morgan fingerprint density at radius 3 is 2.68 bits per heavy atom. The summed E-state index contributed by atoms with van der Waals surface area (Å²) in [4.78, 5) is 51.8. The first kappa shape index (κ1) is 25.1. The number of rotatable bonds is 6. The Balaban J connectivity index is 1.17. The molecule has 4 amide bonds. The van der Waals surface area contributed by atoms with Gasteiger partial charge in [-0.2, -0.15) is 0 Å². The maximum absolute atomic E-state index is 13.1. The minimum absolute atomic E-state index is 0.0664. The summed E-state index contributed by atoms with van der Waals surface area (Å²) >= 11 is 0. The molecule has 9 heteroatoms. The smallest absolute Gasteiger partial charge is 0.319 e. The SMILES string of the molecule is Cc1ccc(NC(=O)NCc2ccc3c(c2)C(=O)C(C2CCC(=O)NC2=O)C3)cc1CN1CCOCC1. The molecule has 0 aromatic heterocycles. The number of urea groups is 1. The van der Waals surface area contributed by atoms with Crippen LogP contribution in [0.2, 0.25) is 0 Å². The van der Waals surface area contributed by atoms with Crippen molar-refractivity contribution in [2.24, 2.45) is 11.8 Å². The molecule has 3 aliphatic rings. The summed E-state index contributed by atoms with van der Waals surface area (Å²) in [6.45, 7) is 6.43. The minimum atomic E-state index is -0.479. The average molecular weight is 505 g/mol. The Morgan fingerprint density at radius 1 is 1.08 bits per heavy atom. The molecule has 5 rings (SSSR count). The standard InChI is InChI=1S/C28H32N4O5/c1-17-2-5-21(13-20(17)16-32-8-10-37-11-9-32)30-28(36)29-15-18-3-4-19-14-24(26(34)23(19)12-18)22-6-7-25(33)31-27(22)35/h2-5,12-13,22,24H,6-11,14-16H2,1H3,(H2,29,30,36)(H,31,33,35). The zero-order chi connectivity index (χ0) is 25.9. The highest BCUT2D eigenvalue weighted by atomic mass is 16.5. The predicted molar refractivity (Wildman–Crippen MR) is 137 cm³/mol. The number of benzene rings is 2. The molecular formula is C28H32N4O5.